The molecule has 0 fully saturated rings. The monoisotopic (exact) mass is 399 g/mol. The van der Waals surface area contributed by atoms with Gasteiger partial charge in [-0.2, -0.15) is 0 Å². The molecule has 5 rings (SSSR count). The van der Waals surface area contributed by atoms with E-state index in [0.717, 1.165) is 16.9 Å². The first-order chi connectivity index (χ1) is 14.2. The van der Waals surface area contributed by atoms with Crippen LogP contribution in [0.4, 0.5) is 0 Å². The van der Waals surface area contributed by atoms with E-state index in [1.54, 1.807) is 10.8 Å². The summed E-state index contributed by atoms with van der Waals surface area (Å²) < 4.78 is 3.59. The number of hydrogen-bond donors (Lipinski definition) is 0. The Morgan fingerprint density at radius 3 is 2.69 bits per heavy atom. The number of hydrogen-bond acceptors (Lipinski definition) is 5. The lowest BCUT2D eigenvalue weighted by atomic mass is 10.2. The number of imidazole rings is 1. The molecule has 6 nitrogen and oxygen atoms in total. The van der Waals surface area contributed by atoms with E-state index in [0.29, 0.717) is 27.6 Å². The Morgan fingerprint density at radius 1 is 1.00 bits per heavy atom. The average molecular weight is 399 g/mol. The molecule has 29 heavy (non-hydrogen) atoms. The molecule has 3 heterocycles. The molecule has 3 aromatic heterocycles. The molecular weight excluding hydrogens is 382 g/mol. The number of fused-ring (bicyclic) bond motifs is 2. The molecule has 0 radical (unpaired) electrons. The zero-order valence-electron chi connectivity index (χ0n) is 15.7. The van der Waals surface area contributed by atoms with Crippen LogP contribution < -0.4 is 5.56 Å². The van der Waals surface area contributed by atoms with Crippen LogP contribution in [0.2, 0.25) is 0 Å². The number of aryl methyl sites for hydroxylation is 1. The van der Waals surface area contributed by atoms with Crippen LogP contribution in [-0.2, 0) is 5.75 Å². The second kappa shape index (κ2) is 7.18. The van der Waals surface area contributed by atoms with E-state index in [1.165, 1.54) is 11.8 Å². The van der Waals surface area contributed by atoms with Gasteiger partial charge in [0.1, 0.15) is 0 Å². The van der Waals surface area contributed by atoms with Crippen molar-refractivity contribution in [2.45, 2.75) is 17.8 Å². The molecule has 0 unspecified atom stereocenters. The van der Waals surface area contributed by atoms with Crippen molar-refractivity contribution in [3.8, 4) is 5.69 Å². The van der Waals surface area contributed by atoms with Crippen LogP contribution in [0.25, 0.3) is 22.4 Å². The van der Waals surface area contributed by atoms with E-state index in [-0.39, 0.29) is 5.56 Å². The Labute approximate surface area is 170 Å². The van der Waals surface area contributed by atoms with E-state index in [4.69, 9.17) is 4.98 Å². The fraction of sp³-hybridized carbons (Fsp3) is 0.0909. The summed E-state index contributed by atoms with van der Waals surface area (Å²) >= 11 is 1.50. The lowest BCUT2D eigenvalue weighted by Gasteiger charge is -2.14. The van der Waals surface area contributed by atoms with Gasteiger partial charge in [-0.3, -0.25) is 13.8 Å². The molecule has 5 aromatic rings. The van der Waals surface area contributed by atoms with Crippen LogP contribution >= 0.6 is 11.8 Å². The summed E-state index contributed by atoms with van der Waals surface area (Å²) in [6.45, 7) is 2.00. The van der Waals surface area contributed by atoms with Crippen LogP contribution in [0.5, 0.6) is 0 Å². The summed E-state index contributed by atoms with van der Waals surface area (Å²) in [5.41, 5.74) is 3.37. The molecule has 0 amide bonds. The zero-order chi connectivity index (χ0) is 19.8. The van der Waals surface area contributed by atoms with Gasteiger partial charge in [0.25, 0.3) is 5.56 Å². The smallest absolute Gasteiger partial charge is 0.266 e. The second-order valence-electron chi connectivity index (χ2n) is 6.69. The summed E-state index contributed by atoms with van der Waals surface area (Å²) in [5.74, 6) is 1.24. The molecule has 0 saturated carbocycles. The molecule has 0 bridgehead atoms. The number of benzene rings is 2. The van der Waals surface area contributed by atoms with Crippen molar-refractivity contribution in [3.63, 3.8) is 0 Å². The highest BCUT2D eigenvalue weighted by Gasteiger charge is 2.15. The molecule has 2 aromatic carbocycles. The topological polar surface area (TPSA) is 65.1 Å². The van der Waals surface area contributed by atoms with Gasteiger partial charge >= 0.3 is 0 Å². The minimum Gasteiger partial charge on any atom is -0.291 e. The van der Waals surface area contributed by atoms with Crippen molar-refractivity contribution >= 4 is 28.4 Å². The molecule has 0 atom stereocenters. The Morgan fingerprint density at radius 2 is 1.83 bits per heavy atom. The summed E-state index contributed by atoms with van der Waals surface area (Å²) in [5, 5.41) is 1.25. The van der Waals surface area contributed by atoms with E-state index in [9.17, 15) is 4.79 Å². The van der Waals surface area contributed by atoms with Gasteiger partial charge in [0, 0.05) is 24.3 Å². The van der Waals surface area contributed by atoms with Gasteiger partial charge < -0.3 is 0 Å². The zero-order valence-corrected chi connectivity index (χ0v) is 16.5. The maximum absolute atomic E-state index is 13.3. The Hall–Kier alpha value is -3.45. The van der Waals surface area contributed by atoms with Gasteiger partial charge in [0.05, 0.1) is 22.3 Å². The van der Waals surface area contributed by atoms with Crippen molar-refractivity contribution in [2.75, 3.05) is 0 Å². The van der Waals surface area contributed by atoms with Crippen molar-refractivity contribution in [1.82, 2.24) is 23.9 Å². The van der Waals surface area contributed by atoms with Gasteiger partial charge in [-0.15, -0.1) is 0 Å². The second-order valence-corrected chi connectivity index (χ2v) is 7.63. The van der Waals surface area contributed by atoms with E-state index in [2.05, 4.69) is 9.97 Å². The number of nitrogens with zero attached hydrogens (tertiary/aromatic N) is 5. The molecule has 142 valence electrons. The maximum atomic E-state index is 13.3. The van der Waals surface area contributed by atoms with Crippen molar-refractivity contribution < 1.29 is 0 Å². The third-order valence-corrected chi connectivity index (χ3v) is 5.71. The summed E-state index contributed by atoms with van der Waals surface area (Å²) in [6.07, 6.45) is 5.59. The molecule has 0 saturated heterocycles. The first-order valence-corrected chi connectivity index (χ1v) is 10.2. The van der Waals surface area contributed by atoms with Gasteiger partial charge in [0.15, 0.2) is 5.16 Å². The van der Waals surface area contributed by atoms with E-state index < -0.39 is 0 Å². The Balaban J connectivity index is 1.62. The molecule has 0 spiro atoms. The van der Waals surface area contributed by atoms with Crippen molar-refractivity contribution in [2.24, 2.45) is 0 Å². The minimum absolute atomic E-state index is 0.0657. The highest BCUT2D eigenvalue weighted by molar-refractivity contribution is 7.98. The number of para-hydroxylation sites is 2. The molecular formula is C22H17N5OS. The highest BCUT2D eigenvalue weighted by Crippen LogP contribution is 2.25. The average Bonchev–Trinajstić information content (AvgIpc) is 3.16. The third-order valence-electron chi connectivity index (χ3n) is 4.74. The van der Waals surface area contributed by atoms with Gasteiger partial charge in [-0.1, -0.05) is 42.1 Å². The standard InChI is InChI=1S/C22H17N5OS/c1-15-7-2-5-10-19(15)27-20(28)17-8-3-4-9-18(17)25-22(27)29-14-16-13-26-12-6-11-23-21(26)24-16/h2-13H,14H2,1H3. The minimum atomic E-state index is -0.0657. The largest absolute Gasteiger partial charge is 0.291 e. The van der Waals surface area contributed by atoms with Gasteiger partial charge in [-0.05, 0) is 36.8 Å². The van der Waals surface area contributed by atoms with E-state index in [1.807, 2.05) is 78.3 Å². The fourth-order valence-electron chi connectivity index (χ4n) is 3.32. The van der Waals surface area contributed by atoms with Crippen molar-refractivity contribution in [1.29, 1.82) is 0 Å². The summed E-state index contributed by atoms with van der Waals surface area (Å²) in [7, 11) is 0. The molecule has 0 aliphatic carbocycles. The lowest BCUT2D eigenvalue weighted by Crippen LogP contribution is -2.22. The number of rotatable bonds is 4. The summed E-state index contributed by atoms with van der Waals surface area (Å²) in [4.78, 5) is 26.9. The van der Waals surface area contributed by atoms with Gasteiger partial charge in [-0.25, -0.2) is 15.0 Å². The molecule has 7 heteroatoms. The Kier molecular flexibility index (Phi) is 4.37. The number of aromatic nitrogens is 5. The fourth-order valence-corrected chi connectivity index (χ4v) is 4.21. The van der Waals surface area contributed by atoms with Crippen molar-refractivity contribution in [3.05, 3.63) is 94.8 Å². The van der Waals surface area contributed by atoms with Crippen LogP contribution in [0.1, 0.15) is 11.3 Å². The first-order valence-electron chi connectivity index (χ1n) is 9.20. The summed E-state index contributed by atoms with van der Waals surface area (Å²) in [6, 6.07) is 17.2. The highest BCUT2D eigenvalue weighted by atomic mass is 32.2. The maximum Gasteiger partial charge on any atom is 0.266 e. The van der Waals surface area contributed by atoms with Gasteiger partial charge in [0.2, 0.25) is 5.78 Å². The quantitative estimate of drug-likeness (QED) is 0.337. The molecule has 0 N–H and O–H groups in total. The lowest BCUT2D eigenvalue weighted by molar-refractivity contribution is 0.814. The predicted molar refractivity (Wildman–Crippen MR) is 115 cm³/mol. The first kappa shape index (κ1) is 17.6. The molecule has 0 aliphatic rings. The van der Waals surface area contributed by atoms with Crippen LogP contribution in [-0.4, -0.2) is 23.9 Å². The Bertz CT molecular complexity index is 1370. The van der Waals surface area contributed by atoms with Crippen LogP contribution in [0.3, 0.4) is 0 Å². The third kappa shape index (κ3) is 3.19. The predicted octanol–water partition coefficient (Wildman–Crippen LogP) is 4.03. The molecule has 0 aliphatic heterocycles. The van der Waals surface area contributed by atoms with E-state index >= 15 is 0 Å². The normalized spacial score (nSPS) is 11.3. The SMILES string of the molecule is Cc1ccccc1-n1c(SCc2cn3cccnc3n2)nc2ccccc2c1=O. The van der Waals surface area contributed by atoms with Crippen LogP contribution in [0, 0.1) is 6.92 Å². The number of thioether (sulfide) groups is 1. The van der Waals surface area contributed by atoms with Crippen LogP contribution in [0.15, 0.2) is 83.1 Å².